The zero-order valence-electron chi connectivity index (χ0n) is 20.6. The lowest BCUT2D eigenvalue weighted by Crippen LogP contribution is -2.39. The number of anilines is 1. The predicted molar refractivity (Wildman–Crippen MR) is 135 cm³/mol. The summed E-state index contributed by atoms with van der Waals surface area (Å²) in [7, 11) is 0. The fourth-order valence-corrected chi connectivity index (χ4v) is 4.80. The highest BCUT2D eigenvalue weighted by Crippen LogP contribution is 2.48. The molecule has 0 saturated heterocycles. The van der Waals surface area contributed by atoms with Gasteiger partial charge in [0.25, 0.3) is 0 Å². The lowest BCUT2D eigenvalue weighted by Gasteiger charge is -2.42. The number of hydrogen-bond acceptors (Lipinski definition) is 3. The Morgan fingerprint density at radius 2 is 1.67 bits per heavy atom. The molecule has 3 rings (SSSR count). The van der Waals surface area contributed by atoms with E-state index in [-0.39, 0.29) is 28.7 Å². The molecule has 1 aliphatic rings. The number of rotatable bonds is 7. The Balaban J connectivity index is 1.90. The second kappa shape index (κ2) is 10.6. The number of amides is 1. The van der Waals surface area contributed by atoms with E-state index >= 15 is 0 Å². The Kier molecular flexibility index (Phi) is 8.36. The summed E-state index contributed by atoms with van der Waals surface area (Å²) in [6, 6.07) is 10.8. The van der Waals surface area contributed by atoms with Gasteiger partial charge in [0.1, 0.15) is 5.60 Å². The van der Waals surface area contributed by atoms with Crippen LogP contribution in [0.15, 0.2) is 42.5 Å². The van der Waals surface area contributed by atoms with E-state index in [2.05, 4.69) is 5.32 Å². The average molecular weight is 544 g/mol. The molecule has 0 aromatic heterocycles. The van der Waals surface area contributed by atoms with Crippen molar-refractivity contribution in [2.75, 3.05) is 5.32 Å². The van der Waals surface area contributed by atoms with Gasteiger partial charge in [0.05, 0.1) is 29.0 Å². The molecule has 0 aliphatic heterocycles. The molecule has 2 aromatic carbocycles. The molecule has 0 radical (unpaired) electrons. The van der Waals surface area contributed by atoms with Crippen LogP contribution >= 0.6 is 23.2 Å². The first kappa shape index (κ1) is 28.3. The SMILES string of the molecule is C[C@H]([C@H](C(=O)Nc1cc(C2(CC(=O)OC(C)(C)C)CCC2)ccc1Cl)c1ccc(Cl)cc1)C(F)(F)F. The van der Waals surface area contributed by atoms with Crippen LogP contribution in [0.2, 0.25) is 10.0 Å². The van der Waals surface area contributed by atoms with Crippen molar-refractivity contribution in [3.8, 4) is 0 Å². The number of alkyl halides is 3. The molecule has 0 bridgehead atoms. The van der Waals surface area contributed by atoms with Crippen LogP contribution in [-0.4, -0.2) is 23.7 Å². The summed E-state index contributed by atoms with van der Waals surface area (Å²) in [5.74, 6) is -4.63. The second-order valence-electron chi connectivity index (χ2n) is 10.4. The molecule has 4 nitrogen and oxygen atoms in total. The van der Waals surface area contributed by atoms with E-state index in [9.17, 15) is 22.8 Å². The van der Waals surface area contributed by atoms with E-state index in [0.717, 1.165) is 31.7 Å². The fourth-order valence-electron chi connectivity index (χ4n) is 4.51. The molecule has 0 heterocycles. The smallest absolute Gasteiger partial charge is 0.392 e. The van der Waals surface area contributed by atoms with E-state index < -0.39 is 34.9 Å². The molecule has 36 heavy (non-hydrogen) atoms. The van der Waals surface area contributed by atoms with Gasteiger partial charge in [0.2, 0.25) is 5.91 Å². The van der Waals surface area contributed by atoms with Crippen LogP contribution in [0.4, 0.5) is 18.9 Å². The lowest BCUT2D eigenvalue weighted by atomic mass is 9.62. The van der Waals surface area contributed by atoms with Crippen LogP contribution in [0.3, 0.4) is 0 Å². The number of benzene rings is 2. The first-order valence-electron chi connectivity index (χ1n) is 11.8. The molecule has 0 unspecified atom stereocenters. The minimum atomic E-state index is -4.60. The van der Waals surface area contributed by atoms with Crippen LogP contribution in [0.25, 0.3) is 0 Å². The van der Waals surface area contributed by atoms with Crippen molar-refractivity contribution in [1.82, 2.24) is 0 Å². The highest BCUT2D eigenvalue weighted by atomic mass is 35.5. The highest BCUT2D eigenvalue weighted by molar-refractivity contribution is 6.33. The molecule has 1 aliphatic carbocycles. The van der Waals surface area contributed by atoms with Gasteiger partial charge < -0.3 is 10.1 Å². The maximum Gasteiger partial charge on any atom is 0.392 e. The Hall–Kier alpha value is -2.25. The summed E-state index contributed by atoms with van der Waals surface area (Å²) in [5.41, 5.74) is 0.0809. The quantitative estimate of drug-likeness (QED) is 0.359. The molecular weight excluding hydrogens is 514 g/mol. The Bertz CT molecular complexity index is 1110. The number of halogens is 5. The Morgan fingerprint density at radius 1 is 1.06 bits per heavy atom. The van der Waals surface area contributed by atoms with E-state index in [1.165, 1.54) is 24.3 Å². The lowest BCUT2D eigenvalue weighted by molar-refractivity contribution is -0.178. The zero-order chi connectivity index (χ0) is 26.9. The molecule has 2 atom stereocenters. The van der Waals surface area contributed by atoms with Gasteiger partial charge >= 0.3 is 12.1 Å². The van der Waals surface area contributed by atoms with Crippen LogP contribution in [0.5, 0.6) is 0 Å². The summed E-state index contributed by atoms with van der Waals surface area (Å²) >= 11 is 12.2. The van der Waals surface area contributed by atoms with Gasteiger partial charge in [-0.15, -0.1) is 0 Å². The topological polar surface area (TPSA) is 55.4 Å². The highest BCUT2D eigenvalue weighted by Gasteiger charge is 2.45. The summed E-state index contributed by atoms with van der Waals surface area (Å²) in [5, 5.41) is 3.15. The van der Waals surface area contributed by atoms with E-state index in [4.69, 9.17) is 27.9 Å². The number of carbonyl (C=O) groups excluding carboxylic acids is 2. The maximum absolute atomic E-state index is 13.7. The number of esters is 1. The van der Waals surface area contributed by atoms with Gasteiger partial charge in [-0.05, 0) is 69.0 Å². The van der Waals surface area contributed by atoms with E-state index in [0.29, 0.717) is 5.02 Å². The van der Waals surface area contributed by atoms with Crippen molar-refractivity contribution in [3.63, 3.8) is 0 Å². The fraction of sp³-hybridized carbons (Fsp3) is 0.481. The van der Waals surface area contributed by atoms with Gasteiger partial charge in [0.15, 0.2) is 0 Å². The largest absolute Gasteiger partial charge is 0.460 e. The van der Waals surface area contributed by atoms with Gasteiger partial charge in [0, 0.05) is 10.4 Å². The van der Waals surface area contributed by atoms with Gasteiger partial charge in [-0.1, -0.05) is 54.7 Å². The van der Waals surface area contributed by atoms with Crippen LogP contribution < -0.4 is 5.32 Å². The summed E-state index contributed by atoms with van der Waals surface area (Å²) < 4.78 is 46.5. The summed E-state index contributed by atoms with van der Waals surface area (Å²) in [6.45, 7) is 6.37. The Morgan fingerprint density at radius 3 is 2.17 bits per heavy atom. The number of ether oxygens (including phenoxy) is 1. The third-order valence-corrected chi connectivity index (χ3v) is 7.16. The van der Waals surface area contributed by atoms with E-state index in [1.54, 1.807) is 39.0 Å². The van der Waals surface area contributed by atoms with Crippen LogP contribution in [-0.2, 0) is 19.7 Å². The van der Waals surface area contributed by atoms with Crippen molar-refractivity contribution in [3.05, 3.63) is 63.6 Å². The normalized spacial score (nSPS) is 17.0. The average Bonchev–Trinajstić information content (AvgIpc) is 2.72. The van der Waals surface area contributed by atoms with E-state index in [1.807, 2.05) is 0 Å². The Labute approximate surface area is 219 Å². The van der Waals surface area contributed by atoms with Gasteiger partial charge in [-0.25, -0.2) is 0 Å². The second-order valence-corrected chi connectivity index (χ2v) is 11.3. The third kappa shape index (κ3) is 6.74. The third-order valence-electron chi connectivity index (χ3n) is 6.58. The number of carbonyl (C=O) groups is 2. The summed E-state index contributed by atoms with van der Waals surface area (Å²) in [6.07, 6.45) is -2.01. The van der Waals surface area contributed by atoms with Gasteiger partial charge in [-0.3, -0.25) is 9.59 Å². The van der Waals surface area contributed by atoms with Gasteiger partial charge in [-0.2, -0.15) is 13.2 Å². The van der Waals surface area contributed by atoms with Crippen molar-refractivity contribution in [2.24, 2.45) is 5.92 Å². The van der Waals surface area contributed by atoms with Crippen molar-refractivity contribution in [1.29, 1.82) is 0 Å². The molecule has 9 heteroatoms. The first-order chi connectivity index (χ1) is 16.6. The van der Waals surface area contributed by atoms with Crippen molar-refractivity contribution >= 4 is 40.8 Å². The van der Waals surface area contributed by atoms with Crippen molar-refractivity contribution < 1.29 is 27.5 Å². The molecule has 0 spiro atoms. The molecule has 196 valence electrons. The minimum absolute atomic E-state index is 0.164. The molecule has 1 N–H and O–H groups in total. The number of nitrogens with one attached hydrogen (secondary N) is 1. The zero-order valence-corrected chi connectivity index (χ0v) is 22.2. The summed E-state index contributed by atoms with van der Waals surface area (Å²) in [4.78, 5) is 25.8. The maximum atomic E-state index is 13.7. The minimum Gasteiger partial charge on any atom is -0.460 e. The van der Waals surface area contributed by atoms with Crippen LogP contribution in [0.1, 0.15) is 70.4 Å². The van der Waals surface area contributed by atoms with Crippen molar-refractivity contribution in [2.45, 2.75) is 76.5 Å². The monoisotopic (exact) mass is 543 g/mol. The molecule has 1 saturated carbocycles. The first-order valence-corrected chi connectivity index (χ1v) is 12.5. The standard InChI is InChI=1S/C27H30Cl2F3NO3/c1-16(27(30,31)32)23(17-6-9-19(28)10-7-17)24(35)33-21-14-18(8-11-20(21)29)26(12-5-13-26)15-22(34)36-25(2,3)4/h6-11,14,16,23H,5,12-13,15H2,1-4H3,(H,33,35)/t16-,23+/m1/s1. The molecular formula is C27H30Cl2F3NO3. The molecule has 2 aromatic rings. The predicted octanol–water partition coefficient (Wildman–Crippen LogP) is 8.07. The molecule has 1 amide bonds. The van der Waals surface area contributed by atoms with Crippen LogP contribution in [0, 0.1) is 5.92 Å². The molecule has 1 fully saturated rings. The number of hydrogen-bond donors (Lipinski definition) is 1.